The minimum atomic E-state index is -0.937. The van der Waals surface area contributed by atoms with Gasteiger partial charge in [-0.15, -0.1) is 0 Å². The van der Waals surface area contributed by atoms with E-state index in [1.54, 1.807) is 0 Å². The van der Waals surface area contributed by atoms with Crippen molar-refractivity contribution in [2.75, 3.05) is 0 Å². The van der Waals surface area contributed by atoms with Crippen LogP contribution in [0.1, 0.15) is 33.1 Å². The highest BCUT2D eigenvalue weighted by atomic mass is 16.4. The number of rotatable bonds is 5. The first-order valence-corrected chi connectivity index (χ1v) is 4.08. The lowest BCUT2D eigenvalue weighted by molar-refractivity contribution is -0.311. The molecule has 64 valence electrons. The molecule has 1 atom stereocenters. The van der Waals surface area contributed by atoms with Crippen molar-refractivity contribution in [2.45, 2.75) is 33.1 Å². The fourth-order valence-corrected chi connectivity index (χ4v) is 0.857. The standard InChI is InChI=1S/C9H16O2/c1-3-5-6-7-8(4-2)9(10)11/h5-6,8H,3-4,7H2,1-2H3,(H,10,11)/p-1/b6-5+. The molecule has 0 heterocycles. The summed E-state index contributed by atoms with van der Waals surface area (Å²) in [7, 11) is 0. The molecular formula is C9H15O2-. The van der Waals surface area contributed by atoms with Gasteiger partial charge in [0.05, 0.1) is 0 Å². The third-order valence-electron chi connectivity index (χ3n) is 1.65. The van der Waals surface area contributed by atoms with E-state index in [0.717, 1.165) is 6.42 Å². The number of carboxylic acid groups (broad SMARTS) is 1. The second kappa shape index (κ2) is 5.96. The SMILES string of the molecule is CC/C=C/CC(CC)C(=O)[O-]. The molecule has 2 heteroatoms. The maximum atomic E-state index is 10.4. The molecule has 0 rings (SSSR count). The minimum absolute atomic E-state index is 0.308. The van der Waals surface area contributed by atoms with Gasteiger partial charge in [0, 0.05) is 11.9 Å². The quantitative estimate of drug-likeness (QED) is 0.558. The van der Waals surface area contributed by atoms with Crippen LogP contribution in [0.2, 0.25) is 0 Å². The van der Waals surface area contributed by atoms with E-state index >= 15 is 0 Å². The van der Waals surface area contributed by atoms with Crippen molar-refractivity contribution >= 4 is 5.97 Å². The van der Waals surface area contributed by atoms with Crippen molar-refractivity contribution in [1.82, 2.24) is 0 Å². The average Bonchev–Trinajstić information content (AvgIpc) is 1.97. The van der Waals surface area contributed by atoms with Crippen LogP contribution in [-0.2, 0) is 4.79 Å². The Balaban J connectivity index is 3.69. The molecule has 0 aliphatic rings. The molecule has 0 saturated heterocycles. The molecule has 11 heavy (non-hydrogen) atoms. The number of allylic oxidation sites excluding steroid dienone is 2. The summed E-state index contributed by atoms with van der Waals surface area (Å²) in [6.45, 7) is 3.89. The predicted octanol–water partition coefficient (Wildman–Crippen LogP) is 1.12. The van der Waals surface area contributed by atoms with Crippen LogP contribution in [0.15, 0.2) is 12.2 Å². The summed E-state index contributed by atoms with van der Waals surface area (Å²) in [5.74, 6) is -1.24. The van der Waals surface area contributed by atoms with Crippen molar-refractivity contribution in [3.05, 3.63) is 12.2 Å². The minimum Gasteiger partial charge on any atom is -0.550 e. The van der Waals surface area contributed by atoms with Gasteiger partial charge in [-0.25, -0.2) is 0 Å². The molecule has 2 nitrogen and oxygen atoms in total. The summed E-state index contributed by atoms with van der Waals surface area (Å²) in [6.07, 6.45) is 6.10. The van der Waals surface area contributed by atoms with E-state index in [2.05, 4.69) is 0 Å². The van der Waals surface area contributed by atoms with Gasteiger partial charge in [-0.1, -0.05) is 26.0 Å². The lowest BCUT2D eigenvalue weighted by Gasteiger charge is -2.12. The van der Waals surface area contributed by atoms with E-state index in [1.807, 2.05) is 26.0 Å². The topological polar surface area (TPSA) is 40.1 Å². The molecule has 0 bridgehead atoms. The van der Waals surface area contributed by atoms with Gasteiger partial charge in [0.1, 0.15) is 0 Å². The summed E-state index contributed by atoms with van der Waals surface area (Å²) < 4.78 is 0. The zero-order chi connectivity index (χ0) is 8.69. The number of hydrogen-bond acceptors (Lipinski definition) is 2. The summed E-state index contributed by atoms with van der Waals surface area (Å²) >= 11 is 0. The van der Waals surface area contributed by atoms with Crippen LogP contribution < -0.4 is 5.11 Å². The highest BCUT2D eigenvalue weighted by Gasteiger charge is 2.03. The summed E-state index contributed by atoms with van der Waals surface area (Å²) in [6, 6.07) is 0. The number of carbonyl (C=O) groups is 1. The van der Waals surface area contributed by atoms with Crippen LogP contribution in [0.5, 0.6) is 0 Å². The van der Waals surface area contributed by atoms with Gasteiger partial charge >= 0.3 is 0 Å². The maximum Gasteiger partial charge on any atom is 0.0448 e. The summed E-state index contributed by atoms with van der Waals surface area (Å²) in [5.41, 5.74) is 0. The molecule has 0 aromatic carbocycles. The predicted molar refractivity (Wildman–Crippen MR) is 42.8 cm³/mol. The van der Waals surface area contributed by atoms with Crippen molar-refractivity contribution in [2.24, 2.45) is 5.92 Å². The van der Waals surface area contributed by atoms with E-state index in [9.17, 15) is 9.90 Å². The van der Waals surface area contributed by atoms with E-state index < -0.39 is 5.97 Å². The second-order valence-corrected chi connectivity index (χ2v) is 2.54. The van der Waals surface area contributed by atoms with Crippen molar-refractivity contribution in [3.8, 4) is 0 Å². The Morgan fingerprint density at radius 1 is 1.45 bits per heavy atom. The Morgan fingerprint density at radius 3 is 2.45 bits per heavy atom. The molecule has 0 aliphatic carbocycles. The lowest BCUT2D eigenvalue weighted by Crippen LogP contribution is -2.30. The summed E-state index contributed by atoms with van der Waals surface area (Å²) in [5, 5.41) is 10.4. The Hall–Kier alpha value is -0.790. The number of carboxylic acids is 1. The van der Waals surface area contributed by atoms with Crippen molar-refractivity contribution in [1.29, 1.82) is 0 Å². The first-order valence-electron chi connectivity index (χ1n) is 4.08. The van der Waals surface area contributed by atoms with Gasteiger partial charge in [0.2, 0.25) is 0 Å². The van der Waals surface area contributed by atoms with E-state index in [0.29, 0.717) is 12.8 Å². The third-order valence-corrected chi connectivity index (χ3v) is 1.65. The first kappa shape index (κ1) is 10.2. The van der Waals surface area contributed by atoms with Gasteiger partial charge in [0.25, 0.3) is 0 Å². The molecule has 0 N–H and O–H groups in total. The Labute approximate surface area is 67.9 Å². The van der Waals surface area contributed by atoms with Crippen LogP contribution in [0.3, 0.4) is 0 Å². The van der Waals surface area contributed by atoms with Crippen LogP contribution in [0.25, 0.3) is 0 Å². The van der Waals surface area contributed by atoms with Crippen molar-refractivity contribution < 1.29 is 9.90 Å². The molecule has 0 fully saturated rings. The fourth-order valence-electron chi connectivity index (χ4n) is 0.857. The van der Waals surface area contributed by atoms with Gasteiger partial charge in [-0.2, -0.15) is 0 Å². The van der Waals surface area contributed by atoms with Crippen molar-refractivity contribution in [3.63, 3.8) is 0 Å². The molecule has 0 aliphatic heterocycles. The average molecular weight is 155 g/mol. The third kappa shape index (κ3) is 4.59. The highest BCUT2D eigenvalue weighted by molar-refractivity contribution is 5.67. The normalized spacial score (nSPS) is 13.6. The number of carbonyl (C=O) groups excluding carboxylic acids is 1. The zero-order valence-electron chi connectivity index (χ0n) is 7.17. The summed E-state index contributed by atoms with van der Waals surface area (Å²) in [4.78, 5) is 10.4. The molecular weight excluding hydrogens is 140 g/mol. The Kier molecular flexibility index (Phi) is 5.53. The molecule has 0 spiro atoms. The maximum absolute atomic E-state index is 10.4. The zero-order valence-corrected chi connectivity index (χ0v) is 7.17. The first-order chi connectivity index (χ1) is 5.22. The van der Waals surface area contributed by atoms with Crippen LogP contribution >= 0.6 is 0 Å². The largest absolute Gasteiger partial charge is 0.550 e. The van der Waals surface area contributed by atoms with Crippen LogP contribution in [-0.4, -0.2) is 5.97 Å². The van der Waals surface area contributed by atoms with E-state index in [1.165, 1.54) is 0 Å². The molecule has 0 saturated carbocycles. The Morgan fingerprint density at radius 2 is 2.09 bits per heavy atom. The van der Waals surface area contributed by atoms with Crippen LogP contribution in [0.4, 0.5) is 0 Å². The lowest BCUT2D eigenvalue weighted by atomic mass is 10.0. The molecule has 0 aromatic heterocycles. The number of aliphatic carboxylic acids is 1. The van der Waals surface area contributed by atoms with Gasteiger partial charge in [0.15, 0.2) is 0 Å². The van der Waals surface area contributed by atoms with E-state index in [4.69, 9.17) is 0 Å². The molecule has 0 aromatic rings. The van der Waals surface area contributed by atoms with Gasteiger partial charge < -0.3 is 9.90 Å². The fraction of sp³-hybridized carbons (Fsp3) is 0.667. The Bertz CT molecular complexity index is 138. The smallest absolute Gasteiger partial charge is 0.0448 e. The number of hydrogen-bond donors (Lipinski definition) is 0. The molecule has 1 unspecified atom stereocenters. The molecule has 0 amide bonds. The van der Waals surface area contributed by atoms with Gasteiger partial charge in [-0.05, 0) is 19.3 Å². The van der Waals surface area contributed by atoms with Gasteiger partial charge in [-0.3, -0.25) is 0 Å². The highest BCUT2D eigenvalue weighted by Crippen LogP contribution is 2.07. The molecule has 0 radical (unpaired) electrons. The van der Waals surface area contributed by atoms with Crippen LogP contribution in [0, 0.1) is 5.92 Å². The van der Waals surface area contributed by atoms with E-state index in [-0.39, 0.29) is 5.92 Å². The monoisotopic (exact) mass is 155 g/mol. The second-order valence-electron chi connectivity index (χ2n) is 2.54.